The average molecular weight is 354 g/mol. The summed E-state index contributed by atoms with van der Waals surface area (Å²) in [6, 6.07) is 8.52. The minimum atomic E-state index is 0.237. The number of hydrogen-bond acceptors (Lipinski definition) is 2. The molecule has 1 aromatic carbocycles. The van der Waals surface area contributed by atoms with Crippen molar-refractivity contribution in [1.29, 1.82) is 0 Å². The zero-order valence-corrected chi connectivity index (χ0v) is 16.3. The first-order valence-corrected chi connectivity index (χ1v) is 10.3. The predicted molar refractivity (Wildman–Crippen MR) is 104 cm³/mol. The highest BCUT2D eigenvalue weighted by atomic mass is 32.1. The lowest BCUT2D eigenvalue weighted by Crippen LogP contribution is -2.36. The van der Waals surface area contributed by atoms with Crippen LogP contribution in [-0.4, -0.2) is 17.4 Å². The highest BCUT2D eigenvalue weighted by Gasteiger charge is 2.33. The number of fused-ring (bicyclic) bond motifs is 2. The number of rotatable bonds is 1. The van der Waals surface area contributed by atoms with Gasteiger partial charge < -0.3 is 4.90 Å². The Kier molecular flexibility index (Phi) is 4.23. The first-order chi connectivity index (χ1) is 11.9. The lowest BCUT2D eigenvalue weighted by atomic mass is 9.72. The van der Waals surface area contributed by atoms with Gasteiger partial charge in [0.25, 0.3) is 5.91 Å². The molecule has 0 fully saturated rings. The molecule has 4 rings (SSSR count). The summed E-state index contributed by atoms with van der Waals surface area (Å²) in [6.07, 6.45) is 4.38. The maximum Gasteiger partial charge on any atom is 0.255 e. The van der Waals surface area contributed by atoms with E-state index in [4.69, 9.17) is 0 Å². The molecule has 1 unspecified atom stereocenters. The van der Waals surface area contributed by atoms with Crippen LogP contribution in [0.4, 0.5) is 0 Å². The van der Waals surface area contributed by atoms with Gasteiger partial charge in [-0.3, -0.25) is 4.79 Å². The molecule has 0 N–H and O–H groups in total. The summed E-state index contributed by atoms with van der Waals surface area (Å²) in [4.78, 5) is 16.6. The molecular formula is C22H27NOS. The molecule has 2 aromatic rings. The van der Waals surface area contributed by atoms with Gasteiger partial charge in [-0.15, -0.1) is 11.3 Å². The van der Waals surface area contributed by atoms with Gasteiger partial charge in [-0.2, -0.15) is 0 Å². The zero-order valence-electron chi connectivity index (χ0n) is 15.5. The summed E-state index contributed by atoms with van der Waals surface area (Å²) in [5.41, 5.74) is 5.37. The Labute approximate surface area is 154 Å². The van der Waals surface area contributed by atoms with Crippen LogP contribution in [-0.2, 0) is 25.8 Å². The molecule has 0 bridgehead atoms. The van der Waals surface area contributed by atoms with E-state index in [9.17, 15) is 4.79 Å². The highest BCUT2D eigenvalue weighted by molar-refractivity contribution is 7.10. The van der Waals surface area contributed by atoms with E-state index in [1.165, 1.54) is 28.0 Å². The summed E-state index contributed by atoms with van der Waals surface area (Å²) >= 11 is 1.80. The Balaban J connectivity index is 1.54. The van der Waals surface area contributed by atoms with Crippen LogP contribution in [0.3, 0.4) is 0 Å². The number of hydrogen-bond donors (Lipinski definition) is 0. The molecule has 2 aliphatic rings. The largest absolute Gasteiger partial charge is 0.334 e. The number of carbonyl (C=O) groups excluding carboxylic acids is 1. The molecule has 2 nitrogen and oxygen atoms in total. The fraction of sp³-hybridized carbons (Fsp3) is 0.500. The van der Waals surface area contributed by atoms with Crippen LogP contribution >= 0.6 is 11.3 Å². The molecule has 0 saturated carbocycles. The van der Waals surface area contributed by atoms with Crippen LogP contribution in [0.1, 0.15) is 59.1 Å². The molecule has 0 saturated heterocycles. The first kappa shape index (κ1) is 16.8. The Morgan fingerprint density at radius 1 is 1.16 bits per heavy atom. The van der Waals surface area contributed by atoms with Crippen molar-refractivity contribution in [1.82, 2.24) is 4.90 Å². The van der Waals surface area contributed by atoms with E-state index in [0.717, 1.165) is 43.8 Å². The first-order valence-electron chi connectivity index (χ1n) is 9.39. The third-order valence-corrected chi connectivity index (χ3v) is 7.08. The monoisotopic (exact) mass is 353 g/mol. The Morgan fingerprint density at radius 2 is 1.92 bits per heavy atom. The van der Waals surface area contributed by atoms with Crippen molar-refractivity contribution in [2.24, 2.45) is 11.3 Å². The van der Waals surface area contributed by atoms with Crippen molar-refractivity contribution in [3.63, 3.8) is 0 Å². The number of benzene rings is 1. The molecule has 3 heteroatoms. The van der Waals surface area contributed by atoms with Crippen molar-refractivity contribution in [3.05, 3.63) is 56.8 Å². The van der Waals surface area contributed by atoms with Gasteiger partial charge >= 0.3 is 0 Å². The summed E-state index contributed by atoms with van der Waals surface area (Å²) in [7, 11) is 0. The van der Waals surface area contributed by atoms with Crippen molar-refractivity contribution >= 4 is 17.2 Å². The Hall–Kier alpha value is -1.61. The van der Waals surface area contributed by atoms with Gasteiger partial charge in [0.1, 0.15) is 0 Å². The molecule has 1 amide bonds. The van der Waals surface area contributed by atoms with Crippen molar-refractivity contribution in [2.75, 3.05) is 6.54 Å². The van der Waals surface area contributed by atoms with E-state index in [1.807, 2.05) is 4.90 Å². The molecular weight excluding hydrogens is 326 g/mol. The molecule has 1 aliphatic heterocycles. The normalized spacial score (nSPS) is 20.1. The van der Waals surface area contributed by atoms with Crippen molar-refractivity contribution in [2.45, 2.75) is 53.0 Å². The van der Waals surface area contributed by atoms with E-state index in [1.54, 1.807) is 11.3 Å². The van der Waals surface area contributed by atoms with Crippen molar-refractivity contribution < 1.29 is 4.79 Å². The topological polar surface area (TPSA) is 20.3 Å². The van der Waals surface area contributed by atoms with Gasteiger partial charge in [0.15, 0.2) is 0 Å². The summed E-state index contributed by atoms with van der Waals surface area (Å²) in [5, 5.41) is 2.12. The minimum absolute atomic E-state index is 0.237. The molecule has 132 valence electrons. The maximum absolute atomic E-state index is 13.2. The molecule has 25 heavy (non-hydrogen) atoms. The van der Waals surface area contributed by atoms with Crippen LogP contribution in [0.15, 0.2) is 29.6 Å². The SMILES string of the molecule is CC(C)(C)C1CCc2c(C(=O)N3CCc4ccccc4C3)csc2C1. The van der Waals surface area contributed by atoms with Crippen LogP contribution in [0.25, 0.3) is 0 Å². The predicted octanol–water partition coefficient (Wildman–Crippen LogP) is 5.10. The average Bonchev–Trinajstić information content (AvgIpc) is 3.03. The molecule has 2 heterocycles. The quantitative estimate of drug-likeness (QED) is 0.698. The molecule has 0 radical (unpaired) electrons. The third-order valence-electron chi connectivity index (χ3n) is 6.03. The lowest BCUT2D eigenvalue weighted by molar-refractivity contribution is 0.0733. The van der Waals surface area contributed by atoms with Crippen LogP contribution in [0.5, 0.6) is 0 Å². The summed E-state index contributed by atoms with van der Waals surface area (Å²) < 4.78 is 0. The second kappa shape index (κ2) is 6.28. The van der Waals surface area contributed by atoms with Crippen LogP contribution < -0.4 is 0 Å². The maximum atomic E-state index is 13.2. The number of carbonyl (C=O) groups is 1. The summed E-state index contributed by atoms with van der Waals surface area (Å²) in [6.45, 7) is 8.61. The molecule has 0 spiro atoms. The smallest absolute Gasteiger partial charge is 0.255 e. The zero-order chi connectivity index (χ0) is 17.6. The summed E-state index contributed by atoms with van der Waals surface area (Å²) in [5.74, 6) is 0.963. The third kappa shape index (κ3) is 3.15. The van der Waals surface area contributed by atoms with Gasteiger partial charge in [0.05, 0.1) is 5.56 Å². The van der Waals surface area contributed by atoms with E-state index in [0.29, 0.717) is 5.41 Å². The lowest BCUT2D eigenvalue weighted by Gasteiger charge is -2.34. The Morgan fingerprint density at radius 3 is 2.68 bits per heavy atom. The second-order valence-corrected chi connectivity index (χ2v) is 9.57. The van der Waals surface area contributed by atoms with E-state index in [2.05, 4.69) is 50.4 Å². The van der Waals surface area contributed by atoms with E-state index >= 15 is 0 Å². The standard InChI is InChI=1S/C22H27NOS/c1-22(2,3)17-8-9-18-19(14-25-20(18)12-17)21(24)23-11-10-15-6-4-5-7-16(15)13-23/h4-7,14,17H,8-13H2,1-3H3. The van der Waals surface area contributed by atoms with Gasteiger partial charge in [-0.05, 0) is 53.7 Å². The Bertz CT molecular complexity index is 799. The van der Waals surface area contributed by atoms with Gasteiger partial charge in [-0.25, -0.2) is 0 Å². The van der Waals surface area contributed by atoms with Gasteiger partial charge in [-0.1, -0.05) is 45.0 Å². The van der Waals surface area contributed by atoms with Crippen LogP contribution in [0.2, 0.25) is 0 Å². The van der Waals surface area contributed by atoms with E-state index in [-0.39, 0.29) is 5.91 Å². The van der Waals surface area contributed by atoms with Gasteiger partial charge in [0.2, 0.25) is 0 Å². The van der Waals surface area contributed by atoms with Gasteiger partial charge in [0, 0.05) is 23.3 Å². The molecule has 1 atom stereocenters. The number of thiophene rings is 1. The van der Waals surface area contributed by atoms with E-state index < -0.39 is 0 Å². The van der Waals surface area contributed by atoms with Crippen LogP contribution in [0, 0.1) is 11.3 Å². The molecule has 1 aliphatic carbocycles. The fourth-order valence-electron chi connectivity index (χ4n) is 4.27. The molecule has 1 aromatic heterocycles. The number of amides is 1. The fourth-order valence-corrected chi connectivity index (χ4v) is 5.43. The minimum Gasteiger partial charge on any atom is -0.334 e. The highest BCUT2D eigenvalue weighted by Crippen LogP contribution is 2.41. The van der Waals surface area contributed by atoms with Crippen molar-refractivity contribution in [3.8, 4) is 0 Å². The number of nitrogens with zero attached hydrogens (tertiary/aromatic N) is 1. The second-order valence-electron chi connectivity index (χ2n) is 8.60.